The van der Waals surface area contributed by atoms with Gasteiger partial charge in [0.1, 0.15) is 0 Å². The predicted molar refractivity (Wildman–Crippen MR) is 78.5 cm³/mol. The van der Waals surface area contributed by atoms with Crippen LogP contribution in [0.15, 0.2) is 29.2 Å². The van der Waals surface area contributed by atoms with Crippen LogP contribution in [-0.2, 0) is 0 Å². The number of aliphatic hydroxyl groups is 1. The van der Waals surface area contributed by atoms with E-state index in [9.17, 15) is 9.90 Å². The van der Waals surface area contributed by atoms with E-state index in [2.05, 4.69) is 6.07 Å². The maximum atomic E-state index is 12.6. The van der Waals surface area contributed by atoms with E-state index >= 15 is 0 Å². The number of hydrogen-bond donors (Lipinski definition) is 1. The number of piperidine rings is 1. The van der Waals surface area contributed by atoms with Crippen LogP contribution in [0.5, 0.6) is 0 Å². The van der Waals surface area contributed by atoms with Gasteiger partial charge in [-0.3, -0.25) is 4.79 Å². The molecule has 0 aromatic heterocycles. The number of carbonyl (C=O) groups is 1. The second-order valence-corrected chi connectivity index (χ2v) is 5.90. The van der Waals surface area contributed by atoms with Gasteiger partial charge < -0.3 is 10.0 Å². The van der Waals surface area contributed by atoms with Crippen molar-refractivity contribution in [3.8, 4) is 6.07 Å². The lowest BCUT2D eigenvalue weighted by molar-refractivity contribution is 0.0617. The van der Waals surface area contributed by atoms with E-state index < -0.39 is 0 Å². The Kier molecular flexibility index (Phi) is 5.45. The maximum Gasteiger partial charge on any atom is 0.255 e. The molecule has 2 rings (SSSR count). The molecule has 0 bridgehead atoms. The number of hydrogen-bond acceptors (Lipinski definition) is 4. The molecule has 1 fully saturated rings. The SMILES string of the molecule is N#CCSc1ccccc1C(=O)N1CCCC(CO)C1. The van der Waals surface area contributed by atoms with Crippen molar-refractivity contribution in [2.24, 2.45) is 5.92 Å². The molecule has 0 saturated carbocycles. The highest BCUT2D eigenvalue weighted by molar-refractivity contribution is 7.99. The Balaban J connectivity index is 2.14. The molecular weight excluding hydrogens is 272 g/mol. The van der Waals surface area contributed by atoms with Crippen LogP contribution in [0.2, 0.25) is 0 Å². The number of carbonyl (C=O) groups excluding carboxylic acids is 1. The molecule has 1 amide bonds. The average molecular weight is 290 g/mol. The Morgan fingerprint density at radius 1 is 1.50 bits per heavy atom. The maximum absolute atomic E-state index is 12.6. The van der Waals surface area contributed by atoms with Crippen molar-refractivity contribution < 1.29 is 9.90 Å². The molecule has 1 heterocycles. The van der Waals surface area contributed by atoms with E-state index in [-0.39, 0.29) is 18.4 Å². The van der Waals surface area contributed by atoms with Crippen molar-refractivity contribution in [2.75, 3.05) is 25.4 Å². The quantitative estimate of drug-likeness (QED) is 0.863. The highest BCUT2D eigenvalue weighted by Crippen LogP contribution is 2.25. The van der Waals surface area contributed by atoms with Crippen molar-refractivity contribution in [3.63, 3.8) is 0 Å². The summed E-state index contributed by atoms with van der Waals surface area (Å²) in [7, 11) is 0. The van der Waals surface area contributed by atoms with Crippen LogP contribution in [0.4, 0.5) is 0 Å². The average Bonchev–Trinajstić information content (AvgIpc) is 2.52. The summed E-state index contributed by atoms with van der Waals surface area (Å²) in [6, 6.07) is 9.49. The normalized spacial score (nSPS) is 18.6. The number of nitrogens with zero attached hydrogens (tertiary/aromatic N) is 2. The van der Waals surface area contributed by atoms with Crippen LogP contribution in [0.25, 0.3) is 0 Å². The van der Waals surface area contributed by atoms with E-state index in [0.717, 1.165) is 24.3 Å². The zero-order valence-corrected chi connectivity index (χ0v) is 12.1. The molecule has 1 saturated heterocycles. The van der Waals surface area contributed by atoms with Crippen LogP contribution in [-0.4, -0.2) is 41.4 Å². The van der Waals surface area contributed by atoms with Gasteiger partial charge in [0.15, 0.2) is 0 Å². The van der Waals surface area contributed by atoms with Crippen molar-refractivity contribution in [1.29, 1.82) is 5.26 Å². The fourth-order valence-electron chi connectivity index (χ4n) is 2.45. The molecule has 0 spiro atoms. The van der Waals surface area contributed by atoms with Crippen LogP contribution in [0, 0.1) is 17.2 Å². The molecule has 1 aromatic rings. The van der Waals surface area contributed by atoms with Gasteiger partial charge in [0.05, 0.1) is 17.4 Å². The molecule has 1 aromatic carbocycles. The molecule has 0 aliphatic carbocycles. The van der Waals surface area contributed by atoms with Crippen LogP contribution in [0.3, 0.4) is 0 Å². The van der Waals surface area contributed by atoms with E-state index in [0.29, 0.717) is 17.9 Å². The van der Waals surface area contributed by atoms with Crippen LogP contribution < -0.4 is 0 Å². The van der Waals surface area contributed by atoms with Crippen molar-refractivity contribution >= 4 is 17.7 Å². The summed E-state index contributed by atoms with van der Waals surface area (Å²) in [5.74, 6) is 0.527. The fourth-order valence-corrected chi connectivity index (χ4v) is 3.15. The topological polar surface area (TPSA) is 64.3 Å². The molecule has 1 unspecified atom stereocenters. The third-order valence-corrected chi connectivity index (χ3v) is 4.41. The second kappa shape index (κ2) is 7.32. The summed E-state index contributed by atoms with van der Waals surface area (Å²) in [6.45, 7) is 1.49. The summed E-state index contributed by atoms with van der Waals surface area (Å²) < 4.78 is 0. The Morgan fingerprint density at radius 3 is 3.05 bits per heavy atom. The number of likely N-dealkylation sites (tertiary alicyclic amines) is 1. The van der Waals surface area contributed by atoms with E-state index in [1.54, 1.807) is 0 Å². The summed E-state index contributed by atoms with van der Waals surface area (Å²) >= 11 is 1.39. The molecule has 0 radical (unpaired) electrons. The van der Waals surface area contributed by atoms with Crippen molar-refractivity contribution in [3.05, 3.63) is 29.8 Å². The van der Waals surface area contributed by atoms with Crippen LogP contribution in [0.1, 0.15) is 23.2 Å². The minimum Gasteiger partial charge on any atom is -0.396 e. The first-order valence-electron chi connectivity index (χ1n) is 6.75. The zero-order valence-electron chi connectivity index (χ0n) is 11.3. The summed E-state index contributed by atoms with van der Waals surface area (Å²) in [4.78, 5) is 15.3. The number of benzene rings is 1. The minimum atomic E-state index is 0.00388. The third kappa shape index (κ3) is 3.53. The summed E-state index contributed by atoms with van der Waals surface area (Å²) in [5.41, 5.74) is 0.659. The first-order chi connectivity index (χ1) is 9.76. The number of amides is 1. The molecule has 1 atom stereocenters. The van der Waals surface area contributed by atoms with Gasteiger partial charge in [-0.2, -0.15) is 5.26 Å². The Labute approximate surface area is 123 Å². The first-order valence-corrected chi connectivity index (χ1v) is 7.73. The predicted octanol–water partition coefficient (Wildman–Crippen LogP) is 2.15. The van der Waals surface area contributed by atoms with E-state index in [1.165, 1.54) is 11.8 Å². The molecule has 106 valence electrons. The van der Waals surface area contributed by atoms with E-state index in [4.69, 9.17) is 5.26 Å². The van der Waals surface area contributed by atoms with Gasteiger partial charge in [-0.1, -0.05) is 12.1 Å². The fraction of sp³-hybridized carbons (Fsp3) is 0.467. The molecular formula is C15H18N2O2S. The Morgan fingerprint density at radius 2 is 2.30 bits per heavy atom. The zero-order chi connectivity index (χ0) is 14.4. The molecule has 4 nitrogen and oxygen atoms in total. The van der Waals surface area contributed by atoms with Gasteiger partial charge in [-0.05, 0) is 30.9 Å². The van der Waals surface area contributed by atoms with Gasteiger partial charge >= 0.3 is 0 Å². The molecule has 20 heavy (non-hydrogen) atoms. The van der Waals surface area contributed by atoms with Crippen LogP contribution >= 0.6 is 11.8 Å². The van der Waals surface area contributed by atoms with Gasteiger partial charge in [0.2, 0.25) is 0 Å². The van der Waals surface area contributed by atoms with Crippen molar-refractivity contribution in [2.45, 2.75) is 17.7 Å². The molecule has 1 aliphatic heterocycles. The van der Waals surface area contributed by atoms with Gasteiger partial charge in [0.25, 0.3) is 5.91 Å². The molecule has 1 N–H and O–H groups in total. The lowest BCUT2D eigenvalue weighted by Crippen LogP contribution is -2.41. The Hall–Kier alpha value is -1.51. The minimum absolute atomic E-state index is 0.00388. The number of thioether (sulfide) groups is 1. The van der Waals surface area contributed by atoms with E-state index in [1.807, 2.05) is 29.2 Å². The monoisotopic (exact) mass is 290 g/mol. The smallest absolute Gasteiger partial charge is 0.255 e. The third-order valence-electron chi connectivity index (χ3n) is 3.47. The lowest BCUT2D eigenvalue weighted by atomic mass is 9.98. The second-order valence-electron chi connectivity index (χ2n) is 4.88. The first kappa shape index (κ1) is 14.9. The van der Waals surface area contributed by atoms with Crippen molar-refractivity contribution in [1.82, 2.24) is 4.90 Å². The van der Waals surface area contributed by atoms with Gasteiger partial charge in [-0.15, -0.1) is 11.8 Å². The van der Waals surface area contributed by atoms with Gasteiger partial charge in [0, 0.05) is 24.6 Å². The largest absolute Gasteiger partial charge is 0.396 e. The number of aliphatic hydroxyl groups excluding tert-OH is 1. The molecule has 1 aliphatic rings. The summed E-state index contributed by atoms with van der Waals surface area (Å²) in [6.07, 6.45) is 1.91. The standard InChI is InChI=1S/C15H18N2O2S/c16-7-9-20-14-6-2-1-5-13(14)15(19)17-8-3-4-12(10-17)11-18/h1-2,5-6,12,18H,3-4,8-11H2. The summed E-state index contributed by atoms with van der Waals surface area (Å²) in [5, 5.41) is 17.9. The van der Waals surface area contributed by atoms with Gasteiger partial charge in [-0.25, -0.2) is 0 Å². The highest BCUT2D eigenvalue weighted by atomic mass is 32.2. The molecule has 5 heteroatoms. The lowest BCUT2D eigenvalue weighted by Gasteiger charge is -2.32. The highest BCUT2D eigenvalue weighted by Gasteiger charge is 2.25. The number of rotatable bonds is 4. The number of nitriles is 1. The Bertz CT molecular complexity index is 513.